The summed E-state index contributed by atoms with van der Waals surface area (Å²) in [4.78, 5) is 24.0. The van der Waals surface area contributed by atoms with Crippen molar-refractivity contribution in [2.24, 2.45) is 0 Å². The minimum Gasteiger partial charge on any atom is -0.444 e. The van der Waals surface area contributed by atoms with E-state index in [0.29, 0.717) is 13.1 Å². The lowest BCUT2D eigenvalue weighted by atomic mass is 10.2. The average molecular weight is 460 g/mol. The highest BCUT2D eigenvalue weighted by atomic mass is 79.9. The van der Waals surface area contributed by atoms with Crippen LogP contribution in [0.2, 0.25) is 0 Å². The number of H-pyrrole nitrogens is 1. The maximum absolute atomic E-state index is 12.1. The third-order valence-corrected chi connectivity index (χ3v) is 5.59. The first kappa shape index (κ1) is 17.5. The van der Waals surface area contributed by atoms with Gasteiger partial charge >= 0.3 is 6.09 Å². The van der Waals surface area contributed by atoms with Crippen molar-refractivity contribution < 1.29 is 9.53 Å². The highest BCUT2D eigenvalue weighted by Crippen LogP contribution is 2.29. The zero-order chi connectivity index (χ0) is 17.5. The van der Waals surface area contributed by atoms with Crippen LogP contribution < -0.4 is 4.90 Å². The summed E-state index contributed by atoms with van der Waals surface area (Å²) in [6.07, 6.45) is -0.250. The Labute approximate surface area is 157 Å². The average Bonchev–Trinajstić information content (AvgIpc) is 2.89. The number of benzene rings is 1. The summed E-state index contributed by atoms with van der Waals surface area (Å²) < 4.78 is 7.39. The molecule has 1 saturated heterocycles. The van der Waals surface area contributed by atoms with E-state index < -0.39 is 5.60 Å². The van der Waals surface area contributed by atoms with Crippen LogP contribution in [0.25, 0.3) is 11.0 Å². The largest absolute Gasteiger partial charge is 0.444 e. The number of nitrogens with zero attached hydrogens (tertiary/aromatic N) is 3. The predicted octanol–water partition coefficient (Wildman–Crippen LogP) is 4.15. The van der Waals surface area contributed by atoms with E-state index in [1.165, 1.54) is 0 Å². The number of aromatic nitrogens is 2. The SMILES string of the molecule is CC(C)(C)OC(=O)N1CCN(c2nc3cc(Br)c(Br)cc3[nH]2)CC1. The number of anilines is 1. The van der Waals surface area contributed by atoms with Gasteiger partial charge in [0.2, 0.25) is 5.95 Å². The van der Waals surface area contributed by atoms with Gasteiger partial charge in [0, 0.05) is 35.1 Å². The van der Waals surface area contributed by atoms with E-state index in [-0.39, 0.29) is 6.09 Å². The van der Waals surface area contributed by atoms with E-state index in [0.717, 1.165) is 39.0 Å². The van der Waals surface area contributed by atoms with Crippen molar-refractivity contribution >= 4 is 54.9 Å². The molecule has 0 aliphatic carbocycles. The zero-order valence-corrected chi connectivity index (χ0v) is 17.1. The molecular weight excluding hydrogens is 440 g/mol. The Bertz CT molecular complexity index is 722. The lowest BCUT2D eigenvalue weighted by molar-refractivity contribution is 0.0240. The number of piperazine rings is 1. The number of nitrogens with one attached hydrogen (secondary N) is 1. The number of carbonyl (C=O) groups is 1. The Kier molecular flexibility index (Phi) is 4.79. The van der Waals surface area contributed by atoms with Gasteiger partial charge in [-0.05, 0) is 64.8 Å². The Morgan fingerprint density at radius 3 is 2.42 bits per heavy atom. The third-order valence-electron chi connectivity index (χ3n) is 3.74. The van der Waals surface area contributed by atoms with Gasteiger partial charge in [-0.2, -0.15) is 0 Å². The number of fused-ring (bicyclic) bond motifs is 1. The van der Waals surface area contributed by atoms with Crippen LogP contribution in [0.4, 0.5) is 10.7 Å². The second-order valence-electron chi connectivity index (χ2n) is 6.80. The summed E-state index contributed by atoms with van der Waals surface area (Å²) in [6, 6.07) is 3.99. The Morgan fingerprint density at radius 1 is 1.17 bits per heavy atom. The van der Waals surface area contributed by atoms with Crippen LogP contribution >= 0.6 is 31.9 Å². The molecule has 0 atom stereocenters. The highest BCUT2D eigenvalue weighted by Gasteiger charge is 2.26. The number of imidazole rings is 1. The first-order chi connectivity index (χ1) is 11.2. The van der Waals surface area contributed by atoms with Crippen LogP contribution in [-0.2, 0) is 4.74 Å². The fraction of sp³-hybridized carbons (Fsp3) is 0.500. The smallest absolute Gasteiger partial charge is 0.410 e. The molecule has 130 valence electrons. The van der Waals surface area contributed by atoms with Crippen molar-refractivity contribution in [3.8, 4) is 0 Å². The lowest BCUT2D eigenvalue weighted by Crippen LogP contribution is -2.50. The summed E-state index contributed by atoms with van der Waals surface area (Å²) in [5.41, 5.74) is 1.43. The molecule has 0 saturated carbocycles. The Balaban J connectivity index is 1.67. The van der Waals surface area contributed by atoms with E-state index >= 15 is 0 Å². The maximum Gasteiger partial charge on any atom is 0.410 e. The number of hydrogen-bond donors (Lipinski definition) is 1. The van der Waals surface area contributed by atoms with Crippen molar-refractivity contribution in [1.29, 1.82) is 0 Å². The first-order valence-corrected chi connectivity index (χ1v) is 9.39. The van der Waals surface area contributed by atoms with Gasteiger partial charge in [-0.1, -0.05) is 0 Å². The molecule has 1 aromatic heterocycles. The van der Waals surface area contributed by atoms with E-state index in [2.05, 4.69) is 46.7 Å². The monoisotopic (exact) mass is 458 g/mol. The number of halogens is 2. The lowest BCUT2D eigenvalue weighted by Gasteiger charge is -2.35. The van der Waals surface area contributed by atoms with Gasteiger partial charge in [0.15, 0.2) is 0 Å². The summed E-state index contributed by atoms with van der Waals surface area (Å²) >= 11 is 7.00. The molecule has 1 fully saturated rings. The third kappa shape index (κ3) is 3.85. The number of hydrogen-bond acceptors (Lipinski definition) is 4. The minimum atomic E-state index is -0.465. The fourth-order valence-corrected chi connectivity index (χ4v) is 3.24. The van der Waals surface area contributed by atoms with Gasteiger partial charge in [-0.3, -0.25) is 0 Å². The number of amides is 1. The van der Waals surface area contributed by atoms with Crippen LogP contribution in [0.1, 0.15) is 20.8 Å². The molecule has 1 amide bonds. The maximum atomic E-state index is 12.1. The first-order valence-electron chi connectivity index (χ1n) is 7.80. The van der Waals surface area contributed by atoms with Crippen LogP contribution in [0.5, 0.6) is 0 Å². The van der Waals surface area contributed by atoms with Gasteiger partial charge in [-0.25, -0.2) is 9.78 Å². The summed E-state index contributed by atoms with van der Waals surface area (Å²) in [5.74, 6) is 0.832. The molecule has 24 heavy (non-hydrogen) atoms. The summed E-state index contributed by atoms with van der Waals surface area (Å²) in [5, 5.41) is 0. The molecule has 2 heterocycles. The number of rotatable bonds is 1. The molecular formula is C16H20Br2N4O2. The Morgan fingerprint density at radius 2 is 1.79 bits per heavy atom. The molecule has 1 aliphatic heterocycles. The molecule has 0 unspecified atom stereocenters. The van der Waals surface area contributed by atoms with Crippen molar-refractivity contribution in [1.82, 2.24) is 14.9 Å². The standard InChI is InChI=1S/C16H20Br2N4O2/c1-16(2,3)24-15(23)22-6-4-21(5-7-22)14-19-12-8-10(17)11(18)9-13(12)20-14/h8-9H,4-7H2,1-3H3,(H,19,20). The summed E-state index contributed by atoms with van der Waals surface area (Å²) in [6.45, 7) is 8.34. The number of aromatic amines is 1. The summed E-state index contributed by atoms with van der Waals surface area (Å²) in [7, 11) is 0. The molecule has 0 radical (unpaired) electrons. The van der Waals surface area contributed by atoms with Gasteiger partial charge < -0.3 is 19.5 Å². The molecule has 8 heteroatoms. The molecule has 0 spiro atoms. The van der Waals surface area contributed by atoms with Crippen molar-refractivity contribution in [2.45, 2.75) is 26.4 Å². The molecule has 1 aliphatic rings. The van der Waals surface area contributed by atoms with Crippen LogP contribution in [-0.4, -0.2) is 52.7 Å². The van der Waals surface area contributed by atoms with E-state index in [9.17, 15) is 4.79 Å². The second kappa shape index (κ2) is 6.55. The highest BCUT2D eigenvalue weighted by molar-refractivity contribution is 9.13. The van der Waals surface area contributed by atoms with Gasteiger partial charge in [0.1, 0.15) is 5.60 Å². The zero-order valence-electron chi connectivity index (χ0n) is 13.9. The van der Waals surface area contributed by atoms with Gasteiger partial charge in [0.05, 0.1) is 11.0 Å². The molecule has 2 aromatic rings. The molecule has 3 rings (SSSR count). The quantitative estimate of drug-likeness (QED) is 0.695. The van der Waals surface area contributed by atoms with Crippen molar-refractivity contribution in [2.75, 3.05) is 31.1 Å². The second-order valence-corrected chi connectivity index (χ2v) is 8.51. The fourth-order valence-electron chi connectivity index (χ4n) is 2.57. The van der Waals surface area contributed by atoms with Gasteiger partial charge in [-0.15, -0.1) is 0 Å². The van der Waals surface area contributed by atoms with Crippen LogP contribution in [0, 0.1) is 0 Å². The normalized spacial score (nSPS) is 15.9. The molecule has 6 nitrogen and oxygen atoms in total. The van der Waals surface area contributed by atoms with Gasteiger partial charge in [0.25, 0.3) is 0 Å². The molecule has 1 aromatic carbocycles. The minimum absolute atomic E-state index is 0.250. The van der Waals surface area contributed by atoms with Crippen molar-refractivity contribution in [3.63, 3.8) is 0 Å². The molecule has 0 bridgehead atoms. The Hall–Kier alpha value is -1.28. The number of carbonyl (C=O) groups excluding carboxylic acids is 1. The molecule has 1 N–H and O–H groups in total. The van der Waals surface area contributed by atoms with E-state index in [4.69, 9.17) is 4.74 Å². The predicted molar refractivity (Wildman–Crippen MR) is 102 cm³/mol. The van der Waals surface area contributed by atoms with Crippen LogP contribution in [0.15, 0.2) is 21.1 Å². The van der Waals surface area contributed by atoms with E-state index in [1.807, 2.05) is 32.9 Å². The van der Waals surface area contributed by atoms with E-state index in [1.54, 1.807) is 4.90 Å². The van der Waals surface area contributed by atoms with Crippen LogP contribution in [0.3, 0.4) is 0 Å². The topological polar surface area (TPSA) is 61.5 Å². The number of ether oxygens (including phenoxy) is 1. The van der Waals surface area contributed by atoms with Crippen molar-refractivity contribution in [3.05, 3.63) is 21.1 Å².